The Kier molecular flexibility index (Phi) is 3.67. The summed E-state index contributed by atoms with van der Waals surface area (Å²) in [6, 6.07) is 10.1. The molecule has 0 saturated heterocycles. The number of fused-ring (bicyclic) bond motifs is 1. The van der Waals surface area contributed by atoms with Crippen LogP contribution in [-0.4, -0.2) is 13.4 Å². The molecule has 0 atom stereocenters. The zero-order valence-corrected chi connectivity index (χ0v) is 12.1. The maximum atomic E-state index is 13.6. The lowest BCUT2D eigenvalue weighted by molar-refractivity contribution is 0.514. The predicted molar refractivity (Wildman–Crippen MR) is 78.7 cm³/mol. The maximum Gasteiger partial charge on any atom is 0.246 e. The van der Waals surface area contributed by atoms with Crippen molar-refractivity contribution in [3.8, 4) is 0 Å². The molecule has 0 aliphatic carbocycles. The number of benzene rings is 2. The molecule has 2 aromatic carbocycles. The van der Waals surface area contributed by atoms with Gasteiger partial charge in [-0.25, -0.2) is 21.9 Å². The first-order chi connectivity index (χ1) is 10.5. The summed E-state index contributed by atoms with van der Waals surface area (Å²) in [6.07, 6.45) is 1.74. The van der Waals surface area contributed by atoms with E-state index in [4.69, 9.17) is 0 Å². The standard InChI is InChI=1S/C15H12F2N2O2S/c16-12-4-2-5-13(17)15(12)22(20,21)19-9-10-3-1-6-14-11(10)7-8-18-14/h1-8,18-19H,9H2. The van der Waals surface area contributed by atoms with Gasteiger partial charge in [0.25, 0.3) is 0 Å². The summed E-state index contributed by atoms with van der Waals surface area (Å²) in [5.74, 6) is -2.24. The number of rotatable bonds is 4. The predicted octanol–water partition coefficient (Wildman–Crippen LogP) is 2.92. The first-order valence-corrected chi connectivity index (χ1v) is 7.96. The summed E-state index contributed by atoms with van der Waals surface area (Å²) in [5.41, 5.74) is 1.56. The Morgan fingerprint density at radius 2 is 1.68 bits per heavy atom. The molecule has 0 bridgehead atoms. The molecule has 3 aromatic rings. The van der Waals surface area contributed by atoms with Crippen LogP contribution in [-0.2, 0) is 16.6 Å². The number of halogens is 2. The molecule has 0 saturated carbocycles. The van der Waals surface area contributed by atoms with Gasteiger partial charge in [-0.15, -0.1) is 0 Å². The van der Waals surface area contributed by atoms with Crippen LogP contribution in [0.25, 0.3) is 10.9 Å². The van der Waals surface area contributed by atoms with Gasteiger partial charge in [0.05, 0.1) is 0 Å². The van der Waals surface area contributed by atoms with E-state index < -0.39 is 26.6 Å². The number of H-pyrrole nitrogens is 1. The van der Waals surface area contributed by atoms with Crippen LogP contribution in [0.4, 0.5) is 8.78 Å². The average Bonchev–Trinajstić information content (AvgIpc) is 2.93. The van der Waals surface area contributed by atoms with Crippen molar-refractivity contribution in [1.82, 2.24) is 9.71 Å². The summed E-state index contributed by atoms with van der Waals surface area (Å²) in [4.78, 5) is 2.05. The minimum atomic E-state index is -4.28. The summed E-state index contributed by atoms with van der Waals surface area (Å²) >= 11 is 0. The Hall–Kier alpha value is -2.25. The summed E-state index contributed by atoms with van der Waals surface area (Å²) < 4.78 is 53.7. The number of hydrogen-bond donors (Lipinski definition) is 2. The molecule has 0 unspecified atom stereocenters. The van der Waals surface area contributed by atoms with E-state index in [-0.39, 0.29) is 6.54 Å². The largest absolute Gasteiger partial charge is 0.361 e. The van der Waals surface area contributed by atoms with Crippen molar-refractivity contribution < 1.29 is 17.2 Å². The van der Waals surface area contributed by atoms with Crippen molar-refractivity contribution in [3.05, 3.63) is 65.9 Å². The van der Waals surface area contributed by atoms with Crippen LogP contribution in [0.2, 0.25) is 0 Å². The molecule has 1 heterocycles. The molecule has 2 N–H and O–H groups in total. The molecule has 0 aliphatic rings. The number of aromatic nitrogens is 1. The quantitative estimate of drug-likeness (QED) is 0.776. The van der Waals surface area contributed by atoms with Gasteiger partial charge in [-0.3, -0.25) is 0 Å². The Labute approximate surface area is 125 Å². The topological polar surface area (TPSA) is 62.0 Å². The highest BCUT2D eigenvalue weighted by molar-refractivity contribution is 7.89. The molecule has 0 amide bonds. The molecular formula is C15H12F2N2O2S. The molecule has 4 nitrogen and oxygen atoms in total. The minimum Gasteiger partial charge on any atom is -0.361 e. The van der Waals surface area contributed by atoms with Gasteiger partial charge in [-0.2, -0.15) is 0 Å². The van der Waals surface area contributed by atoms with Gasteiger partial charge in [0.15, 0.2) is 4.90 Å². The Balaban J connectivity index is 1.91. The summed E-state index contributed by atoms with van der Waals surface area (Å²) in [7, 11) is -4.28. The number of hydrogen-bond acceptors (Lipinski definition) is 2. The van der Waals surface area contributed by atoms with E-state index in [1.807, 2.05) is 12.1 Å². The first kappa shape index (κ1) is 14.7. The van der Waals surface area contributed by atoms with Gasteiger partial charge in [0, 0.05) is 23.6 Å². The molecule has 3 rings (SSSR count). The maximum absolute atomic E-state index is 13.6. The smallest absolute Gasteiger partial charge is 0.246 e. The highest BCUT2D eigenvalue weighted by atomic mass is 32.2. The normalized spacial score (nSPS) is 11.9. The fourth-order valence-electron chi connectivity index (χ4n) is 2.29. The third-order valence-electron chi connectivity index (χ3n) is 3.33. The second-order valence-corrected chi connectivity index (χ2v) is 6.44. The third-order valence-corrected chi connectivity index (χ3v) is 4.78. The van der Waals surface area contributed by atoms with Gasteiger partial charge < -0.3 is 4.98 Å². The van der Waals surface area contributed by atoms with Crippen molar-refractivity contribution in [3.63, 3.8) is 0 Å². The fraction of sp³-hybridized carbons (Fsp3) is 0.0667. The number of sulfonamides is 1. The van der Waals surface area contributed by atoms with Gasteiger partial charge in [-0.1, -0.05) is 18.2 Å². The Bertz CT molecular complexity index is 915. The zero-order chi connectivity index (χ0) is 15.7. The number of aromatic amines is 1. The monoisotopic (exact) mass is 322 g/mol. The fourth-order valence-corrected chi connectivity index (χ4v) is 3.43. The molecular weight excluding hydrogens is 310 g/mol. The van der Waals surface area contributed by atoms with Crippen LogP contribution in [0, 0.1) is 11.6 Å². The van der Waals surface area contributed by atoms with E-state index in [1.165, 1.54) is 0 Å². The van der Waals surface area contributed by atoms with Crippen molar-refractivity contribution in [2.75, 3.05) is 0 Å². The molecule has 22 heavy (non-hydrogen) atoms. The van der Waals surface area contributed by atoms with Crippen molar-refractivity contribution in [2.24, 2.45) is 0 Å². The van der Waals surface area contributed by atoms with Crippen molar-refractivity contribution >= 4 is 20.9 Å². The van der Waals surface area contributed by atoms with E-state index in [2.05, 4.69) is 9.71 Å². The van der Waals surface area contributed by atoms with Crippen LogP contribution < -0.4 is 4.72 Å². The average molecular weight is 322 g/mol. The van der Waals surface area contributed by atoms with Crippen LogP contribution in [0.5, 0.6) is 0 Å². The van der Waals surface area contributed by atoms with Gasteiger partial charge in [-0.05, 0) is 29.8 Å². The third kappa shape index (κ3) is 2.60. The Morgan fingerprint density at radius 1 is 1.00 bits per heavy atom. The second-order valence-electron chi connectivity index (χ2n) is 4.73. The molecule has 7 heteroatoms. The zero-order valence-electron chi connectivity index (χ0n) is 11.3. The molecule has 0 radical (unpaired) electrons. The van der Waals surface area contributed by atoms with Crippen molar-refractivity contribution in [2.45, 2.75) is 11.4 Å². The van der Waals surface area contributed by atoms with Gasteiger partial charge >= 0.3 is 0 Å². The lowest BCUT2D eigenvalue weighted by Gasteiger charge is -2.09. The Morgan fingerprint density at radius 3 is 2.41 bits per heavy atom. The number of nitrogens with one attached hydrogen (secondary N) is 2. The SMILES string of the molecule is O=S(=O)(NCc1cccc2[nH]ccc12)c1c(F)cccc1F. The van der Waals surface area contributed by atoms with E-state index in [1.54, 1.807) is 18.3 Å². The lowest BCUT2D eigenvalue weighted by Crippen LogP contribution is -2.25. The van der Waals surface area contributed by atoms with Crippen molar-refractivity contribution in [1.29, 1.82) is 0 Å². The summed E-state index contributed by atoms with van der Waals surface area (Å²) in [6.45, 7) is -0.0642. The first-order valence-electron chi connectivity index (χ1n) is 6.48. The highest BCUT2D eigenvalue weighted by Gasteiger charge is 2.23. The van der Waals surface area contributed by atoms with E-state index in [0.717, 1.165) is 29.1 Å². The van der Waals surface area contributed by atoms with Gasteiger partial charge in [0.2, 0.25) is 10.0 Å². The van der Waals surface area contributed by atoms with Crippen LogP contribution >= 0.6 is 0 Å². The summed E-state index contributed by atoms with van der Waals surface area (Å²) in [5, 5.41) is 0.846. The molecule has 114 valence electrons. The molecule has 0 spiro atoms. The van der Waals surface area contributed by atoms with E-state index in [9.17, 15) is 17.2 Å². The molecule has 1 aromatic heterocycles. The van der Waals surface area contributed by atoms with Crippen LogP contribution in [0.1, 0.15) is 5.56 Å². The second kappa shape index (κ2) is 5.51. The minimum absolute atomic E-state index is 0.0642. The lowest BCUT2D eigenvalue weighted by atomic mass is 10.1. The van der Waals surface area contributed by atoms with E-state index in [0.29, 0.717) is 5.56 Å². The highest BCUT2D eigenvalue weighted by Crippen LogP contribution is 2.20. The molecule has 0 fully saturated rings. The van der Waals surface area contributed by atoms with E-state index >= 15 is 0 Å². The van der Waals surface area contributed by atoms with Crippen LogP contribution in [0.3, 0.4) is 0 Å². The van der Waals surface area contributed by atoms with Gasteiger partial charge in [0.1, 0.15) is 11.6 Å². The van der Waals surface area contributed by atoms with Crippen LogP contribution in [0.15, 0.2) is 53.6 Å². The molecule has 0 aliphatic heterocycles.